The number of hydrogen-bond donors (Lipinski definition) is 0. The Balaban J connectivity index is 1.72. The first-order valence-electron chi connectivity index (χ1n) is 9.29. The van der Waals surface area contributed by atoms with Crippen LogP contribution in [0.5, 0.6) is 5.75 Å². The second kappa shape index (κ2) is 9.67. The van der Waals surface area contributed by atoms with Gasteiger partial charge in [-0.1, -0.05) is 26.0 Å². The quantitative estimate of drug-likeness (QED) is 0.733. The van der Waals surface area contributed by atoms with E-state index in [2.05, 4.69) is 23.6 Å². The molecule has 4 nitrogen and oxygen atoms in total. The molecule has 0 aliphatic carbocycles. The molecule has 4 heteroatoms. The van der Waals surface area contributed by atoms with E-state index < -0.39 is 0 Å². The van der Waals surface area contributed by atoms with E-state index in [4.69, 9.17) is 4.74 Å². The number of ether oxygens (including phenoxy) is 1. The summed E-state index contributed by atoms with van der Waals surface area (Å²) in [7, 11) is 1.67. The lowest BCUT2D eigenvalue weighted by Crippen LogP contribution is -2.41. The van der Waals surface area contributed by atoms with E-state index in [1.165, 1.54) is 12.1 Å². The van der Waals surface area contributed by atoms with Crippen molar-refractivity contribution < 1.29 is 9.53 Å². The van der Waals surface area contributed by atoms with Crippen molar-refractivity contribution in [3.8, 4) is 5.75 Å². The Labute approximate surface area is 146 Å². The van der Waals surface area contributed by atoms with E-state index in [-0.39, 0.29) is 0 Å². The Hall–Kier alpha value is -1.55. The van der Waals surface area contributed by atoms with Crippen LogP contribution in [0.2, 0.25) is 0 Å². The maximum absolute atomic E-state index is 12.4. The predicted octanol–water partition coefficient (Wildman–Crippen LogP) is 3.21. The molecule has 1 aliphatic rings. The second-order valence-corrected chi connectivity index (χ2v) is 6.66. The fourth-order valence-corrected chi connectivity index (χ4v) is 3.41. The number of hydrogen-bond acceptors (Lipinski definition) is 3. The molecular formula is C20H32N2O2. The standard InChI is InChI=1S/C20H32N2O2/c1-4-21(5-2)16-18-12-14-22(15-13-18)20(23)11-8-17-6-9-19(24-3)10-7-17/h6-7,9-10,18H,4-5,8,11-16H2,1-3H3. The van der Waals surface area contributed by atoms with E-state index in [1.54, 1.807) is 7.11 Å². The van der Waals surface area contributed by atoms with Gasteiger partial charge in [-0.25, -0.2) is 0 Å². The SMILES string of the molecule is CCN(CC)CC1CCN(C(=O)CCc2ccc(OC)cc2)CC1. The lowest BCUT2D eigenvalue weighted by molar-refractivity contribution is -0.132. The maximum atomic E-state index is 12.4. The van der Waals surface area contributed by atoms with Gasteiger partial charge in [0.1, 0.15) is 5.75 Å². The van der Waals surface area contributed by atoms with Gasteiger partial charge >= 0.3 is 0 Å². The van der Waals surface area contributed by atoms with Crippen molar-refractivity contribution in [1.29, 1.82) is 0 Å². The Kier molecular flexibility index (Phi) is 7.57. The molecule has 1 amide bonds. The highest BCUT2D eigenvalue weighted by atomic mass is 16.5. The monoisotopic (exact) mass is 332 g/mol. The number of amides is 1. The predicted molar refractivity (Wildman–Crippen MR) is 98.4 cm³/mol. The van der Waals surface area contributed by atoms with Crippen LogP contribution >= 0.6 is 0 Å². The van der Waals surface area contributed by atoms with Crippen LogP contribution in [0.1, 0.15) is 38.7 Å². The largest absolute Gasteiger partial charge is 0.497 e. The molecule has 0 saturated carbocycles. The Morgan fingerprint density at radius 2 is 1.79 bits per heavy atom. The molecule has 0 N–H and O–H groups in total. The summed E-state index contributed by atoms with van der Waals surface area (Å²) >= 11 is 0. The number of methoxy groups -OCH3 is 1. The minimum absolute atomic E-state index is 0.298. The molecule has 1 saturated heterocycles. The third-order valence-electron chi connectivity index (χ3n) is 5.16. The van der Waals surface area contributed by atoms with Crippen molar-refractivity contribution in [3.05, 3.63) is 29.8 Å². The van der Waals surface area contributed by atoms with Crippen molar-refractivity contribution >= 4 is 5.91 Å². The highest BCUT2D eigenvalue weighted by Crippen LogP contribution is 2.20. The van der Waals surface area contributed by atoms with Crippen molar-refractivity contribution in [2.24, 2.45) is 5.92 Å². The Bertz CT molecular complexity index is 489. The molecule has 2 rings (SSSR count). The van der Waals surface area contributed by atoms with Gasteiger partial charge in [0.05, 0.1) is 7.11 Å². The number of nitrogens with zero attached hydrogens (tertiary/aromatic N) is 2. The Morgan fingerprint density at radius 3 is 2.33 bits per heavy atom. The van der Waals surface area contributed by atoms with Crippen molar-refractivity contribution in [2.75, 3.05) is 39.8 Å². The summed E-state index contributed by atoms with van der Waals surface area (Å²) in [5, 5.41) is 0. The number of rotatable bonds is 8. The molecule has 1 aliphatic heterocycles. The summed E-state index contributed by atoms with van der Waals surface area (Å²) in [6.45, 7) is 9.72. The first kappa shape index (κ1) is 18.8. The van der Waals surface area contributed by atoms with E-state index in [1.807, 2.05) is 24.3 Å². The number of likely N-dealkylation sites (tertiary alicyclic amines) is 1. The summed E-state index contributed by atoms with van der Waals surface area (Å²) in [6.07, 6.45) is 3.70. The normalized spacial score (nSPS) is 15.8. The van der Waals surface area contributed by atoms with Gasteiger partial charge in [0, 0.05) is 26.1 Å². The minimum Gasteiger partial charge on any atom is -0.497 e. The third-order valence-corrected chi connectivity index (χ3v) is 5.16. The summed E-state index contributed by atoms with van der Waals surface area (Å²) in [4.78, 5) is 17.0. The van der Waals surface area contributed by atoms with Gasteiger partial charge in [0.15, 0.2) is 0 Å². The second-order valence-electron chi connectivity index (χ2n) is 6.66. The zero-order valence-electron chi connectivity index (χ0n) is 15.5. The summed E-state index contributed by atoms with van der Waals surface area (Å²) in [6, 6.07) is 8.00. The summed E-state index contributed by atoms with van der Waals surface area (Å²) < 4.78 is 5.16. The molecule has 0 spiro atoms. The van der Waals surface area contributed by atoms with Gasteiger partial charge in [0.2, 0.25) is 5.91 Å². The molecule has 134 valence electrons. The van der Waals surface area contributed by atoms with Crippen LogP contribution in [-0.2, 0) is 11.2 Å². The summed E-state index contributed by atoms with van der Waals surface area (Å²) in [5.74, 6) is 1.91. The Morgan fingerprint density at radius 1 is 1.17 bits per heavy atom. The number of carbonyl (C=O) groups is 1. The van der Waals surface area contributed by atoms with Crippen molar-refractivity contribution in [2.45, 2.75) is 39.5 Å². The van der Waals surface area contributed by atoms with E-state index in [0.717, 1.165) is 57.1 Å². The first-order valence-corrected chi connectivity index (χ1v) is 9.29. The van der Waals surface area contributed by atoms with Crippen LogP contribution in [0, 0.1) is 5.92 Å². The third kappa shape index (κ3) is 5.52. The fourth-order valence-electron chi connectivity index (χ4n) is 3.41. The number of benzene rings is 1. The van der Waals surface area contributed by atoms with Crippen molar-refractivity contribution in [1.82, 2.24) is 9.80 Å². The summed E-state index contributed by atoms with van der Waals surface area (Å²) in [5.41, 5.74) is 1.19. The highest BCUT2D eigenvalue weighted by Gasteiger charge is 2.23. The first-order chi connectivity index (χ1) is 11.7. The number of carbonyl (C=O) groups excluding carboxylic acids is 1. The lowest BCUT2D eigenvalue weighted by atomic mass is 9.95. The van der Waals surface area contributed by atoms with Gasteiger partial charge in [-0.05, 0) is 56.0 Å². The molecule has 24 heavy (non-hydrogen) atoms. The van der Waals surface area contributed by atoms with Crippen LogP contribution in [0.25, 0.3) is 0 Å². The average molecular weight is 332 g/mol. The molecule has 1 fully saturated rings. The van der Waals surface area contributed by atoms with Crippen LogP contribution in [0.15, 0.2) is 24.3 Å². The zero-order chi connectivity index (χ0) is 17.4. The number of piperidine rings is 1. The van der Waals surface area contributed by atoms with Crippen LogP contribution in [0.4, 0.5) is 0 Å². The average Bonchev–Trinajstić information content (AvgIpc) is 2.65. The van der Waals surface area contributed by atoms with Gasteiger partial charge < -0.3 is 14.5 Å². The van der Waals surface area contributed by atoms with E-state index in [9.17, 15) is 4.79 Å². The zero-order valence-corrected chi connectivity index (χ0v) is 15.5. The smallest absolute Gasteiger partial charge is 0.222 e. The maximum Gasteiger partial charge on any atom is 0.222 e. The van der Waals surface area contributed by atoms with Gasteiger partial charge in [-0.2, -0.15) is 0 Å². The molecular weight excluding hydrogens is 300 g/mol. The number of aryl methyl sites for hydroxylation is 1. The molecule has 0 unspecified atom stereocenters. The minimum atomic E-state index is 0.298. The van der Waals surface area contributed by atoms with Gasteiger partial charge in [-0.15, -0.1) is 0 Å². The van der Waals surface area contributed by atoms with Gasteiger partial charge in [-0.3, -0.25) is 4.79 Å². The van der Waals surface area contributed by atoms with E-state index >= 15 is 0 Å². The topological polar surface area (TPSA) is 32.8 Å². The molecule has 0 aromatic heterocycles. The molecule has 0 radical (unpaired) electrons. The molecule has 1 aromatic carbocycles. The van der Waals surface area contributed by atoms with Crippen LogP contribution in [0.3, 0.4) is 0 Å². The van der Waals surface area contributed by atoms with Crippen molar-refractivity contribution in [3.63, 3.8) is 0 Å². The molecule has 1 heterocycles. The van der Waals surface area contributed by atoms with Gasteiger partial charge in [0.25, 0.3) is 0 Å². The fraction of sp³-hybridized carbons (Fsp3) is 0.650. The van der Waals surface area contributed by atoms with E-state index in [0.29, 0.717) is 12.3 Å². The molecule has 1 aromatic rings. The van der Waals surface area contributed by atoms with Crippen LogP contribution < -0.4 is 4.74 Å². The van der Waals surface area contributed by atoms with Crippen LogP contribution in [-0.4, -0.2) is 55.5 Å². The lowest BCUT2D eigenvalue weighted by Gasteiger charge is -2.34. The molecule has 0 atom stereocenters. The highest BCUT2D eigenvalue weighted by molar-refractivity contribution is 5.76. The molecule has 0 bridgehead atoms.